The molecule has 0 saturated heterocycles. The van der Waals surface area contributed by atoms with E-state index in [2.05, 4.69) is 184 Å². The SMILES string of the molecule is CC(C)=CCC/C(C)=C\CC/C(C)=C/CC/C=C(\C)CC/C=C(\C)CCC=C(C)C.CC(C)=CCC/C(C)=C\CC/C(C)=C/CC/C=C(\C)CC/C=C(\C)CCC=C(C)C. The van der Waals surface area contributed by atoms with E-state index in [0.717, 1.165) is 0 Å². The summed E-state index contributed by atoms with van der Waals surface area (Å²) < 4.78 is 0. The molecule has 340 valence electrons. The van der Waals surface area contributed by atoms with Crippen LogP contribution < -0.4 is 0 Å². The minimum absolute atomic E-state index is 1.17. The van der Waals surface area contributed by atoms with Crippen LogP contribution in [0.4, 0.5) is 0 Å². The van der Waals surface area contributed by atoms with Crippen LogP contribution in [0.15, 0.2) is 140 Å². The third-order valence-corrected chi connectivity index (χ3v) is 10.8. The first kappa shape index (κ1) is 59.0. The fourth-order valence-electron chi connectivity index (χ4n) is 6.67. The summed E-state index contributed by atoms with van der Waals surface area (Å²) in [5, 5.41) is 0. The Morgan fingerprint density at radius 1 is 0.167 bits per heavy atom. The molecule has 60 heavy (non-hydrogen) atoms. The van der Waals surface area contributed by atoms with E-state index in [9.17, 15) is 0 Å². The number of hydrogen-bond donors (Lipinski definition) is 0. The van der Waals surface area contributed by atoms with Crippen molar-refractivity contribution in [2.24, 2.45) is 0 Å². The van der Waals surface area contributed by atoms with Crippen molar-refractivity contribution in [3.8, 4) is 0 Å². The molecule has 0 fully saturated rings. The van der Waals surface area contributed by atoms with Gasteiger partial charge in [-0.05, 0) is 239 Å². The molecule has 0 aromatic heterocycles. The fraction of sp³-hybridized carbons (Fsp3) is 0.600. The van der Waals surface area contributed by atoms with Crippen LogP contribution in [0.5, 0.6) is 0 Å². The minimum Gasteiger partial charge on any atom is -0.0856 e. The first-order chi connectivity index (χ1) is 28.4. The summed E-state index contributed by atoms with van der Waals surface area (Å²) in [6.45, 7) is 35.6. The summed E-state index contributed by atoms with van der Waals surface area (Å²) in [6.07, 6.45) is 52.4. The van der Waals surface area contributed by atoms with Crippen LogP contribution in [-0.4, -0.2) is 0 Å². The fourth-order valence-corrected chi connectivity index (χ4v) is 6.67. The zero-order chi connectivity index (χ0) is 45.6. The molecule has 0 rings (SSSR count). The largest absolute Gasteiger partial charge is 0.0856 e. The highest BCUT2D eigenvalue weighted by Crippen LogP contribution is 2.17. The normalized spacial score (nSPS) is 13.5. The average molecular weight is 821 g/mol. The number of unbranched alkanes of at least 4 members (excludes halogenated alkanes) is 2. The van der Waals surface area contributed by atoms with Crippen LogP contribution in [0.1, 0.15) is 239 Å². The monoisotopic (exact) mass is 821 g/mol. The molecular weight excluding hydrogens is 721 g/mol. The predicted octanol–water partition coefficient (Wildman–Crippen LogP) is 21.2. The van der Waals surface area contributed by atoms with Crippen molar-refractivity contribution in [1.82, 2.24) is 0 Å². The second-order valence-electron chi connectivity index (χ2n) is 19.0. The van der Waals surface area contributed by atoms with Crippen LogP contribution in [0.3, 0.4) is 0 Å². The van der Waals surface area contributed by atoms with Gasteiger partial charge in [0.05, 0.1) is 0 Å². The third kappa shape index (κ3) is 46.0. The van der Waals surface area contributed by atoms with Gasteiger partial charge in [-0.15, -0.1) is 0 Å². The van der Waals surface area contributed by atoms with Gasteiger partial charge in [0.2, 0.25) is 0 Å². The predicted molar refractivity (Wildman–Crippen MR) is 280 cm³/mol. The molecular formula is C60H100. The standard InChI is InChI=1S/2C30H50/c2*1-25(2)15-11-19-29(7)23-13-21-27(5)17-9-10-18-28(6)22-14-24-30(8)20-12-16-26(3)4/h2*15-18,23-24H,9-14,19-22H2,1-8H3/b2*27-17+,28-18+,29-23-,30-24+. The van der Waals surface area contributed by atoms with Gasteiger partial charge in [0, 0.05) is 0 Å². The Balaban J connectivity index is 0. The highest BCUT2D eigenvalue weighted by molar-refractivity contribution is 5.10. The lowest BCUT2D eigenvalue weighted by molar-refractivity contribution is 0.896. The van der Waals surface area contributed by atoms with Crippen molar-refractivity contribution in [1.29, 1.82) is 0 Å². The van der Waals surface area contributed by atoms with E-state index in [0.29, 0.717) is 0 Å². The summed E-state index contributed by atoms with van der Waals surface area (Å²) in [7, 11) is 0. The highest BCUT2D eigenvalue weighted by Gasteiger charge is 1.96. The second kappa shape index (κ2) is 40.0. The van der Waals surface area contributed by atoms with Crippen molar-refractivity contribution >= 4 is 0 Å². The topological polar surface area (TPSA) is 0 Å². The molecule has 0 radical (unpaired) electrons. The molecule has 0 spiro atoms. The maximum absolute atomic E-state index is 2.43. The van der Waals surface area contributed by atoms with Gasteiger partial charge in [0.1, 0.15) is 0 Å². The lowest BCUT2D eigenvalue weighted by Crippen LogP contribution is -1.82. The van der Waals surface area contributed by atoms with E-state index in [4.69, 9.17) is 0 Å². The van der Waals surface area contributed by atoms with Crippen molar-refractivity contribution < 1.29 is 0 Å². The first-order valence-corrected chi connectivity index (χ1v) is 24.2. The average Bonchev–Trinajstić information content (AvgIpc) is 3.15. The first-order valence-electron chi connectivity index (χ1n) is 24.2. The Bertz CT molecular complexity index is 1270. The number of rotatable bonds is 30. The highest BCUT2D eigenvalue weighted by atomic mass is 14.0. The summed E-state index contributed by atoms with van der Waals surface area (Å²) >= 11 is 0. The Morgan fingerprint density at radius 2 is 0.283 bits per heavy atom. The van der Waals surface area contributed by atoms with Gasteiger partial charge in [-0.3, -0.25) is 0 Å². The molecule has 0 nitrogen and oxygen atoms in total. The van der Waals surface area contributed by atoms with Crippen LogP contribution in [-0.2, 0) is 0 Å². The summed E-state index contributed by atoms with van der Waals surface area (Å²) in [4.78, 5) is 0. The maximum atomic E-state index is 2.43. The zero-order valence-corrected chi connectivity index (χ0v) is 43.1. The number of hydrogen-bond acceptors (Lipinski definition) is 0. The summed E-state index contributed by atoms with van der Waals surface area (Å²) in [5.41, 5.74) is 17.9. The van der Waals surface area contributed by atoms with E-state index < -0.39 is 0 Å². The van der Waals surface area contributed by atoms with E-state index in [1.165, 1.54) is 195 Å². The Labute approximate surface area is 377 Å². The summed E-state index contributed by atoms with van der Waals surface area (Å²) in [6, 6.07) is 0. The third-order valence-electron chi connectivity index (χ3n) is 10.8. The van der Waals surface area contributed by atoms with Gasteiger partial charge in [-0.1, -0.05) is 140 Å². The second-order valence-corrected chi connectivity index (χ2v) is 19.0. The van der Waals surface area contributed by atoms with Crippen molar-refractivity contribution in [3.05, 3.63) is 140 Å². The molecule has 0 aliphatic rings. The Hall–Kier alpha value is -3.12. The maximum Gasteiger partial charge on any atom is -0.0288 e. The lowest BCUT2D eigenvalue weighted by Gasteiger charge is -2.02. The summed E-state index contributed by atoms with van der Waals surface area (Å²) in [5.74, 6) is 0. The van der Waals surface area contributed by atoms with E-state index in [1.54, 1.807) is 0 Å². The molecule has 0 amide bonds. The molecule has 0 aromatic carbocycles. The quantitative estimate of drug-likeness (QED) is 0.0500. The molecule has 0 atom stereocenters. The molecule has 0 aromatic rings. The Morgan fingerprint density at radius 3 is 0.417 bits per heavy atom. The van der Waals surface area contributed by atoms with Crippen molar-refractivity contribution in [2.75, 3.05) is 0 Å². The molecule has 0 aliphatic heterocycles. The van der Waals surface area contributed by atoms with Crippen LogP contribution in [0.2, 0.25) is 0 Å². The molecule has 0 saturated carbocycles. The van der Waals surface area contributed by atoms with Gasteiger partial charge in [-0.2, -0.15) is 0 Å². The van der Waals surface area contributed by atoms with Crippen LogP contribution in [0.25, 0.3) is 0 Å². The van der Waals surface area contributed by atoms with Gasteiger partial charge in [0.15, 0.2) is 0 Å². The molecule has 0 bridgehead atoms. The molecule has 0 aliphatic carbocycles. The van der Waals surface area contributed by atoms with E-state index >= 15 is 0 Å². The molecule has 0 heterocycles. The molecule has 0 N–H and O–H groups in total. The van der Waals surface area contributed by atoms with Gasteiger partial charge in [-0.25, -0.2) is 0 Å². The smallest absolute Gasteiger partial charge is 0.0288 e. The van der Waals surface area contributed by atoms with E-state index in [1.807, 2.05) is 0 Å². The lowest BCUT2D eigenvalue weighted by atomic mass is 10.0. The van der Waals surface area contributed by atoms with Crippen molar-refractivity contribution in [2.45, 2.75) is 239 Å². The van der Waals surface area contributed by atoms with Crippen LogP contribution >= 0.6 is 0 Å². The molecule has 0 heteroatoms. The Kier molecular flexibility index (Phi) is 39.3. The van der Waals surface area contributed by atoms with Gasteiger partial charge < -0.3 is 0 Å². The van der Waals surface area contributed by atoms with E-state index in [-0.39, 0.29) is 0 Å². The van der Waals surface area contributed by atoms with Gasteiger partial charge >= 0.3 is 0 Å². The zero-order valence-electron chi connectivity index (χ0n) is 43.1. The molecule has 0 unspecified atom stereocenters. The van der Waals surface area contributed by atoms with Crippen LogP contribution in [0, 0.1) is 0 Å². The minimum atomic E-state index is 1.17. The number of allylic oxidation sites excluding steroid dienone is 24. The van der Waals surface area contributed by atoms with Crippen molar-refractivity contribution in [3.63, 3.8) is 0 Å². The van der Waals surface area contributed by atoms with Gasteiger partial charge in [0.25, 0.3) is 0 Å².